The molecule has 0 aliphatic carbocycles. The summed E-state index contributed by atoms with van der Waals surface area (Å²) in [6, 6.07) is 6.24. The highest BCUT2D eigenvalue weighted by Crippen LogP contribution is 2.46. The number of hydrogen-bond donors (Lipinski definition) is 1. The molecule has 24 heavy (non-hydrogen) atoms. The molecule has 3 rings (SSSR count). The standard InChI is InChI=1S/C16H16N4O4/c1-8-13(16(21)22)14(10-6-4-5-7-11(10)20(23)24)12-9(2)18-19(3)15(12)17-8/h4-7,13-14H,1-3H3,(H,21,22). The van der Waals surface area contributed by atoms with Gasteiger partial charge in [-0.05, 0) is 13.8 Å². The van der Waals surface area contributed by atoms with Crippen LogP contribution in [0.15, 0.2) is 29.3 Å². The molecule has 0 bridgehead atoms. The highest BCUT2D eigenvalue weighted by atomic mass is 16.6. The van der Waals surface area contributed by atoms with Crippen LogP contribution in [0.3, 0.4) is 0 Å². The summed E-state index contributed by atoms with van der Waals surface area (Å²) < 4.78 is 1.58. The highest BCUT2D eigenvalue weighted by Gasteiger charge is 2.42. The Bertz CT molecular complexity index is 884. The third kappa shape index (κ3) is 2.27. The van der Waals surface area contributed by atoms with Crippen molar-refractivity contribution in [1.29, 1.82) is 0 Å². The maximum atomic E-state index is 11.9. The summed E-state index contributed by atoms with van der Waals surface area (Å²) in [5.74, 6) is -2.19. The topological polar surface area (TPSA) is 111 Å². The quantitative estimate of drug-likeness (QED) is 0.687. The molecule has 0 amide bonds. The number of rotatable bonds is 3. The van der Waals surface area contributed by atoms with Gasteiger partial charge >= 0.3 is 5.97 Å². The van der Waals surface area contributed by atoms with Crippen LogP contribution in [0, 0.1) is 23.0 Å². The second-order valence-corrected chi connectivity index (χ2v) is 5.81. The Kier molecular flexibility index (Phi) is 3.67. The Labute approximate surface area is 137 Å². The van der Waals surface area contributed by atoms with Gasteiger partial charge in [-0.3, -0.25) is 19.6 Å². The average Bonchev–Trinajstić information content (AvgIpc) is 2.80. The minimum Gasteiger partial charge on any atom is -0.481 e. The van der Waals surface area contributed by atoms with Crippen molar-refractivity contribution in [2.24, 2.45) is 18.0 Å². The maximum Gasteiger partial charge on any atom is 0.313 e. The van der Waals surface area contributed by atoms with Crippen LogP contribution in [0.1, 0.15) is 29.7 Å². The van der Waals surface area contributed by atoms with Gasteiger partial charge in [0.25, 0.3) is 5.69 Å². The number of aliphatic imine (C=N–C) groups is 1. The first-order chi connectivity index (χ1) is 11.3. The van der Waals surface area contributed by atoms with E-state index in [9.17, 15) is 20.0 Å². The summed E-state index contributed by atoms with van der Waals surface area (Å²) in [4.78, 5) is 27.2. The number of nitro groups is 1. The Morgan fingerprint density at radius 1 is 1.33 bits per heavy atom. The van der Waals surface area contributed by atoms with Gasteiger partial charge in [-0.2, -0.15) is 5.10 Å². The summed E-state index contributed by atoms with van der Waals surface area (Å²) in [6.45, 7) is 3.39. The number of nitro benzene ring substituents is 1. The smallest absolute Gasteiger partial charge is 0.313 e. The van der Waals surface area contributed by atoms with Crippen LogP contribution < -0.4 is 0 Å². The van der Waals surface area contributed by atoms with Gasteiger partial charge in [0, 0.05) is 35.9 Å². The molecule has 2 atom stereocenters. The fourth-order valence-corrected chi connectivity index (χ4v) is 3.38. The largest absolute Gasteiger partial charge is 0.481 e. The molecule has 8 heteroatoms. The lowest BCUT2D eigenvalue weighted by atomic mass is 9.76. The van der Waals surface area contributed by atoms with E-state index in [0.717, 1.165) is 0 Å². The van der Waals surface area contributed by atoms with E-state index < -0.39 is 22.7 Å². The van der Waals surface area contributed by atoms with Crippen molar-refractivity contribution in [2.45, 2.75) is 19.8 Å². The van der Waals surface area contributed by atoms with Gasteiger partial charge in [-0.15, -0.1) is 0 Å². The molecule has 1 N–H and O–H groups in total. The van der Waals surface area contributed by atoms with Gasteiger partial charge in [-0.25, -0.2) is 4.99 Å². The van der Waals surface area contributed by atoms with Gasteiger partial charge in [0.05, 0.1) is 10.6 Å². The van der Waals surface area contributed by atoms with E-state index in [1.54, 1.807) is 43.8 Å². The van der Waals surface area contributed by atoms with Crippen LogP contribution in [-0.2, 0) is 11.8 Å². The first kappa shape index (κ1) is 15.9. The molecular formula is C16H16N4O4. The van der Waals surface area contributed by atoms with Crippen molar-refractivity contribution in [3.63, 3.8) is 0 Å². The molecule has 1 aliphatic heterocycles. The van der Waals surface area contributed by atoms with Gasteiger partial charge in [0.1, 0.15) is 5.92 Å². The van der Waals surface area contributed by atoms with Crippen molar-refractivity contribution in [3.8, 4) is 0 Å². The molecular weight excluding hydrogens is 312 g/mol. The number of aromatic nitrogens is 2. The Morgan fingerprint density at radius 3 is 2.62 bits per heavy atom. The molecule has 124 valence electrons. The molecule has 0 radical (unpaired) electrons. The second-order valence-electron chi connectivity index (χ2n) is 5.81. The molecule has 0 spiro atoms. The average molecular weight is 328 g/mol. The summed E-state index contributed by atoms with van der Waals surface area (Å²) in [5, 5.41) is 25.5. The lowest BCUT2D eigenvalue weighted by Gasteiger charge is -2.28. The molecule has 2 unspecified atom stereocenters. The Morgan fingerprint density at radius 2 is 2.00 bits per heavy atom. The predicted octanol–water partition coefficient (Wildman–Crippen LogP) is 2.58. The van der Waals surface area contributed by atoms with E-state index in [2.05, 4.69) is 10.1 Å². The Hall–Kier alpha value is -3.03. The second kappa shape index (κ2) is 5.55. The molecule has 0 saturated heterocycles. The van der Waals surface area contributed by atoms with E-state index in [1.165, 1.54) is 6.07 Å². The minimum absolute atomic E-state index is 0.0994. The van der Waals surface area contributed by atoms with Gasteiger partial charge in [-0.1, -0.05) is 18.2 Å². The number of aliphatic carboxylic acids is 1. The first-order valence-corrected chi connectivity index (χ1v) is 7.37. The lowest BCUT2D eigenvalue weighted by Crippen LogP contribution is -2.32. The normalized spacial score (nSPS) is 19.5. The monoisotopic (exact) mass is 328 g/mol. The van der Waals surface area contributed by atoms with Gasteiger partial charge < -0.3 is 5.11 Å². The fraction of sp³-hybridized carbons (Fsp3) is 0.312. The molecule has 1 aromatic carbocycles. The molecule has 1 aromatic heterocycles. The number of nitrogens with zero attached hydrogens (tertiary/aromatic N) is 4. The van der Waals surface area contributed by atoms with Crippen LogP contribution in [0.5, 0.6) is 0 Å². The van der Waals surface area contributed by atoms with Crippen LogP contribution in [0.2, 0.25) is 0 Å². The minimum atomic E-state index is -1.06. The zero-order valence-electron chi connectivity index (χ0n) is 13.4. The molecule has 2 heterocycles. The van der Waals surface area contributed by atoms with Crippen LogP contribution >= 0.6 is 0 Å². The SMILES string of the molecule is CC1=Nc2c(c(C)nn2C)C(c2ccccc2[N+](=O)[O-])C1C(=O)O. The summed E-state index contributed by atoms with van der Waals surface area (Å²) in [5.41, 5.74) is 1.92. The zero-order valence-corrected chi connectivity index (χ0v) is 13.4. The third-order valence-corrected chi connectivity index (χ3v) is 4.35. The van der Waals surface area contributed by atoms with E-state index in [4.69, 9.17) is 0 Å². The van der Waals surface area contributed by atoms with Crippen molar-refractivity contribution >= 4 is 23.2 Å². The predicted molar refractivity (Wildman–Crippen MR) is 86.8 cm³/mol. The fourth-order valence-electron chi connectivity index (χ4n) is 3.38. The van der Waals surface area contributed by atoms with Crippen molar-refractivity contribution in [1.82, 2.24) is 9.78 Å². The van der Waals surface area contributed by atoms with E-state index in [1.807, 2.05) is 0 Å². The number of para-hydroxylation sites is 1. The van der Waals surface area contributed by atoms with Crippen molar-refractivity contribution in [2.75, 3.05) is 0 Å². The van der Waals surface area contributed by atoms with Gasteiger partial charge in [0.2, 0.25) is 0 Å². The molecule has 0 saturated carbocycles. The maximum absolute atomic E-state index is 11.9. The van der Waals surface area contributed by atoms with E-state index in [-0.39, 0.29) is 5.69 Å². The van der Waals surface area contributed by atoms with Crippen LogP contribution in [-0.4, -0.2) is 31.5 Å². The summed E-state index contributed by atoms with van der Waals surface area (Å²) in [7, 11) is 1.72. The number of carboxylic acid groups (broad SMARTS) is 1. The Balaban J connectivity index is 2.34. The van der Waals surface area contributed by atoms with Crippen molar-refractivity contribution < 1.29 is 14.8 Å². The molecule has 0 fully saturated rings. The number of carbonyl (C=O) groups is 1. The number of aryl methyl sites for hydroxylation is 2. The van der Waals surface area contributed by atoms with E-state index in [0.29, 0.717) is 28.4 Å². The van der Waals surface area contributed by atoms with Crippen LogP contribution in [0.4, 0.5) is 11.5 Å². The third-order valence-electron chi connectivity index (χ3n) is 4.35. The first-order valence-electron chi connectivity index (χ1n) is 7.37. The summed E-state index contributed by atoms with van der Waals surface area (Å²) >= 11 is 0. The number of carboxylic acids is 1. The number of fused-ring (bicyclic) bond motifs is 1. The number of hydrogen-bond acceptors (Lipinski definition) is 5. The lowest BCUT2D eigenvalue weighted by molar-refractivity contribution is -0.385. The summed E-state index contributed by atoms with van der Waals surface area (Å²) in [6.07, 6.45) is 0. The zero-order chi connectivity index (χ0) is 17.6. The van der Waals surface area contributed by atoms with E-state index >= 15 is 0 Å². The molecule has 1 aliphatic rings. The molecule has 2 aromatic rings. The highest BCUT2D eigenvalue weighted by molar-refractivity contribution is 6.04. The van der Waals surface area contributed by atoms with Crippen molar-refractivity contribution in [3.05, 3.63) is 51.2 Å². The van der Waals surface area contributed by atoms with Gasteiger partial charge in [0.15, 0.2) is 5.82 Å². The molecule has 8 nitrogen and oxygen atoms in total. The van der Waals surface area contributed by atoms with Crippen LogP contribution in [0.25, 0.3) is 0 Å². The number of benzene rings is 1.